The topological polar surface area (TPSA) is 59.1 Å². The molecule has 1 aliphatic heterocycles. The zero-order valence-electron chi connectivity index (χ0n) is 11.5. The maximum Gasteiger partial charge on any atom is 0.0835 e. The molecular formula is C12H22ClN5S. The number of hydrogen-bond donors (Lipinski definition) is 2. The first-order valence-electron chi connectivity index (χ1n) is 6.64. The molecule has 2 unspecified atom stereocenters. The molecule has 7 heteroatoms. The van der Waals surface area contributed by atoms with E-state index in [0.717, 1.165) is 31.0 Å². The van der Waals surface area contributed by atoms with Gasteiger partial charge in [0.15, 0.2) is 0 Å². The molecule has 1 aromatic rings. The van der Waals surface area contributed by atoms with Crippen molar-refractivity contribution in [2.45, 2.75) is 32.0 Å². The normalized spacial score (nSPS) is 22.6. The fourth-order valence-corrected chi connectivity index (χ4v) is 4.03. The van der Waals surface area contributed by atoms with Crippen LogP contribution in [0.3, 0.4) is 0 Å². The highest BCUT2D eigenvalue weighted by Crippen LogP contribution is 2.30. The van der Waals surface area contributed by atoms with Crippen molar-refractivity contribution in [2.24, 2.45) is 5.84 Å². The molecule has 0 aliphatic carbocycles. The Hall–Kier alpha value is -0.270. The Morgan fingerprint density at radius 3 is 3.11 bits per heavy atom. The summed E-state index contributed by atoms with van der Waals surface area (Å²) in [6.07, 6.45) is 2.74. The van der Waals surface area contributed by atoms with Gasteiger partial charge in [-0.2, -0.15) is 16.9 Å². The molecule has 1 aliphatic rings. The molecule has 0 amide bonds. The minimum Gasteiger partial charge on any atom is -0.300 e. The molecule has 108 valence electrons. The third-order valence-electron chi connectivity index (χ3n) is 3.57. The molecule has 1 aromatic heterocycles. The Morgan fingerprint density at radius 1 is 1.68 bits per heavy atom. The minimum atomic E-state index is 0.0133. The Kier molecular flexibility index (Phi) is 5.53. The fraction of sp³-hybridized carbons (Fsp3) is 0.750. The van der Waals surface area contributed by atoms with E-state index in [9.17, 15) is 0 Å². The van der Waals surface area contributed by atoms with Crippen molar-refractivity contribution in [3.05, 3.63) is 16.9 Å². The number of nitrogens with zero attached hydrogens (tertiary/aromatic N) is 3. The van der Waals surface area contributed by atoms with Crippen molar-refractivity contribution in [3.63, 3.8) is 0 Å². The van der Waals surface area contributed by atoms with Gasteiger partial charge >= 0.3 is 0 Å². The molecule has 0 bridgehead atoms. The molecule has 5 nitrogen and oxygen atoms in total. The summed E-state index contributed by atoms with van der Waals surface area (Å²) in [5.41, 5.74) is 3.95. The van der Waals surface area contributed by atoms with E-state index in [4.69, 9.17) is 17.4 Å². The third kappa shape index (κ3) is 3.25. The molecule has 0 spiro atoms. The number of aryl methyl sites for hydroxylation is 1. The zero-order valence-corrected chi connectivity index (χ0v) is 13.0. The largest absolute Gasteiger partial charge is 0.300 e. The summed E-state index contributed by atoms with van der Waals surface area (Å²) in [4.78, 5) is 2.35. The van der Waals surface area contributed by atoms with Crippen LogP contribution in [0.5, 0.6) is 0 Å². The maximum absolute atomic E-state index is 6.32. The van der Waals surface area contributed by atoms with Crippen molar-refractivity contribution in [1.29, 1.82) is 0 Å². The predicted molar refractivity (Wildman–Crippen MR) is 81.3 cm³/mol. The number of halogens is 1. The molecule has 0 aromatic carbocycles. The van der Waals surface area contributed by atoms with E-state index in [0.29, 0.717) is 11.1 Å². The number of nitrogens with two attached hydrogens (primary N) is 1. The van der Waals surface area contributed by atoms with Gasteiger partial charge in [-0.15, -0.1) is 0 Å². The van der Waals surface area contributed by atoms with Crippen LogP contribution in [0.1, 0.15) is 25.1 Å². The predicted octanol–water partition coefficient (Wildman–Crippen LogP) is 1.50. The number of rotatable bonds is 5. The standard InChI is InChI=1S/C12H22ClN5S/c1-3-4-18-12(9(13)7-15-18)11(16-14)10-8-19-6-5-17(10)2/h7,10-11,16H,3-6,8,14H2,1-2H3. The van der Waals surface area contributed by atoms with Gasteiger partial charge in [0.1, 0.15) is 0 Å². The average Bonchev–Trinajstić information content (AvgIpc) is 2.75. The van der Waals surface area contributed by atoms with Crippen LogP contribution >= 0.6 is 23.4 Å². The highest BCUT2D eigenvalue weighted by atomic mass is 35.5. The lowest BCUT2D eigenvalue weighted by molar-refractivity contribution is 0.210. The highest BCUT2D eigenvalue weighted by molar-refractivity contribution is 7.99. The quantitative estimate of drug-likeness (QED) is 0.638. The Bertz CT molecular complexity index is 411. The minimum absolute atomic E-state index is 0.0133. The Labute approximate surface area is 123 Å². The van der Waals surface area contributed by atoms with Crippen molar-refractivity contribution < 1.29 is 0 Å². The second-order valence-electron chi connectivity index (χ2n) is 4.87. The summed E-state index contributed by atoms with van der Waals surface area (Å²) in [7, 11) is 2.14. The van der Waals surface area contributed by atoms with Crippen LogP contribution < -0.4 is 11.3 Å². The van der Waals surface area contributed by atoms with Gasteiger partial charge in [0.2, 0.25) is 0 Å². The monoisotopic (exact) mass is 303 g/mol. The lowest BCUT2D eigenvalue weighted by atomic mass is 10.1. The number of thioether (sulfide) groups is 1. The van der Waals surface area contributed by atoms with Crippen molar-refractivity contribution in [2.75, 3.05) is 25.1 Å². The molecule has 2 atom stereocenters. The number of likely N-dealkylation sites (N-methyl/N-ethyl adjacent to an activating group) is 1. The summed E-state index contributed by atoms with van der Waals surface area (Å²) in [5.74, 6) is 8.03. The highest BCUT2D eigenvalue weighted by Gasteiger charge is 2.32. The van der Waals surface area contributed by atoms with Crippen molar-refractivity contribution in [1.82, 2.24) is 20.1 Å². The lowest BCUT2D eigenvalue weighted by Gasteiger charge is -2.37. The van der Waals surface area contributed by atoms with E-state index in [1.165, 1.54) is 5.75 Å². The number of hydrazine groups is 1. The van der Waals surface area contributed by atoms with E-state index < -0.39 is 0 Å². The van der Waals surface area contributed by atoms with E-state index in [1.807, 2.05) is 16.4 Å². The Balaban J connectivity index is 2.27. The summed E-state index contributed by atoms with van der Waals surface area (Å²) < 4.78 is 1.97. The van der Waals surface area contributed by atoms with Crippen LogP contribution in [0, 0.1) is 0 Å². The van der Waals surface area contributed by atoms with Crippen LogP contribution in [0.25, 0.3) is 0 Å². The van der Waals surface area contributed by atoms with Gasteiger partial charge in [-0.05, 0) is 13.5 Å². The van der Waals surface area contributed by atoms with E-state index in [-0.39, 0.29) is 6.04 Å². The molecule has 2 rings (SSSR count). The van der Waals surface area contributed by atoms with Crippen LogP contribution in [-0.2, 0) is 6.54 Å². The van der Waals surface area contributed by atoms with E-state index >= 15 is 0 Å². The van der Waals surface area contributed by atoms with Gasteiger partial charge < -0.3 is 0 Å². The summed E-state index contributed by atoms with van der Waals surface area (Å²) in [6.45, 7) is 4.07. The van der Waals surface area contributed by atoms with Crippen molar-refractivity contribution >= 4 is 23.4 Å². The second-order valence-corrected chi connectivity index (χ2v) is 6.43. The number of nitrogens with one attached hydrogen (secondary N) is 1. The molecule has 0 saturated carbocycles. The lowest BCUT2D eigenvalue weighted by Crippen LogP contribution is -2.50. The average molecular weight is 304 g/mol. The first-order chi connectivity index (χ1) is 9.19. The van der Waals surface area contributed by atoms with Crippen molar-refractivity contribution in [3.8, 4) is 0 Å². The second kappa shape index (κ2) is 6.95. The smallest absolute Gasteiger partial charge is 0.0835 e. The molecular weight excluding hydrogens is 282 g/mol. The van der Waals surface area contributed by atoms with Gasteiger partial charge in [0, 0.05) is 30.6 Å². The van der Waals surface area contributed by atoms with Crippen LogP contribution in [-0.4, -0.2) is 45.8 Å². The zero-order chi connectivity index (χ0) is 13.8. The van der Waals surface area contributed by atoms with Gasteiger partial charge in [-0.25, -0.2) is 5.43 Å². The number of aromatic nitrogens is 2. The Morgan fingerprint density at radius 2 is 2.47 bits per heavy atom. The SMILES string of the molecule is CCCn1ncc(Cl)c1C(NN)C1CSCCN1C. The van der Waals surface area contributed by atoms with Gasteiger partial charge in [-0.1, -0.05) is 18.5 Å². The van der Waals surface area contributed by atoms with Gasteiger partial charge in [-0.3, -0.25) is 15.4 Å². The molecule has 2 heterocycles. The fourth-order valence-electron chi connectivity index (χ4n) is 2.50. The summed E-state index contributed by atoms with van der Waals surface area (Å²) in [5, 5.41) is 5.05. The molecule has 1 saturated heterocycles. The van der Waals surface area contributed by atoms with E-state index in [1.54, 1.807) is 6.20 Å². The van der Waals surface area contributed by atoms with Gasteiger partial charge in [0.05, 0.1) is 23.0 Å². The first kappa shape index (κ1) is 15.1. The molecule has 3 N–H and O–H groups in total. The first-order valence-corrected chi connectivity index (χ1v) is 8.17. The third-order valence-corrected chi connectivity index (χ3v) is 4.91. The van der Waals surface area contributed by atoms with Crippen LogP contribution in [0.15, 0.2) is 6.20 Å². The molecule has 0 radical (unpaired) electrons. The molecule has 1 fully saturated rings. The summed E-state index contributed by atoms with van der Waals surface area (Å²) in [6, 6.07) is 0.355. The molecule has 19 heavy (non-hydrogen) atoms. The van der Waals surface area contributed by atoms with E-state index in [2.05, 4.69) is 29.4 Å². The summed E-state index contributed by atoms with van der Waals surface area (Å²) >= 11 is 8.28. The van der Waals surface area contributed by atoms with Crippen LogP contribution in [0.2, 0.25) is 5.02 Å². The number of hydrogen-bond acceptors (Lipinski definition) is 5. The maximum atomic E-state index is 6.32. The van der Waals surface area contributed by atoms with Gasteiger partial charge in [0.25, 0.3) is 0 Å². The van der Waals surface area contributed by atoms with Crippen LogP contribution in [0.4, 0.5) is 0 Å².